The van der Waals surface area contributed by atoms with E-state index in [1.165, 1.54) is 0 Å². The molecule has 8 heteroatoms. The third-order valence-electron chi connectivity index (χ3n) is 2.62. The number of rotatable bonds is 7. The first kappa shape index (κ1) is 18.9. The van der Waals surface area contributed by atoms with Gasteiger partial charge in [-0.05, 0) is 63.4 Å². The molecule has 0 aromatic heterocycles. The molecule has 1 rings (SSSR count). The van der Waals surface area contributed by atoms with Gasteiger partial charge in [-0.15, -0.1) is 0 Å². The van der Waals surface area contributed by atoms with E-state index in [0.29, 0.717) is 13.1 Å². The molecule has 2 N–H and O–H groups in total. The van der Waals surface area contributed by atoms with Crippen LogP contribution in [0.1, 0.15) is 19.4 Å². The summed E-state index contributed by atoms with van der Waals surface area (Å²) in [5.41, 5.74) is 0.513. The van der Waals surface area contributed by atoms with Gasteiger partial charge in [-0.3, -0.25) is 0 Å². The highest BCUT2D eigenvalue weighted by molar-refractivity contribution is 9.11. The molecule has 0 aliphatic carbocycles. The van der Waals surface area contributed by atoms with Crippen LogP contribution in [0.4, 0.5) is 0 Å². The molecule has 0 amide bonds. The molecule has 0 aliphatic rings. The van der Waals surface area contributed by atoms with Gasteiger partial charge >= 0.3 is 0 Å². The first-order valence-electron chi connectivity index (χ1n) is 6.25. The normalized spacial score (nSPS) is 12.5. The van der Waals surface area contributed by atoms with E-state index in [1.807, 2.05) is 26.0 Å². The second-order valence-electron chi connectivity index (χ2n) is 5.45. The average molecular weight is 444 g/mol. The molecule has 0 heterocycles. The van der Waals surface area contributed by atoms with Crippen molar-refractivity contribution in [1.82, 2.24) is 10.0 Å². The molecule has 5 nitrogen and oxygen atoms in total. The van der Waals surface area contributed by atoms with Crippen LogP contribution in [0.15, 0.2) is 21.1 Å². The van der Waals surface area contributed by atoms with Crippen LogP contribution in [0.25, 0.3) is 0 Å². The van der Waals surface area contributed by atoms with Gasteiger partial charge in [0.15, 0.2) is 0 Å². The quantitative estimate of drug-likeness (QED) is 0.679. The first-order chi connectivity index (χ1) is 9.54. The Kier molecular flexibility index (Phi) is 6.67. The van der Waals surface area contributed by atoms with E-state index in [1.54, 1.807) is 7.11 Å². The Balaban J connectivity index is 2.65. The molecule has 0 bridgehead atoms. The van der Waals surface area contributed by atoms with Crippen LogP contribution >= 0.6 is 31.9 Å². The number of methoxy groups -OCH3 is 1. The van der Waals surface area contributed by atoms with Crippen LogP contribution in [0.5, 0.6) is 5.75 Å². The molecule has 0 spiro atoms. The lowest BCUT2D eigenvalue weighted by atomic mass is 10.1. The van der Waals surface area contributed by atoms with Gasteiger partial charge in [0.2, 0.25) is 10.0 Å². The van der Waals surface area contributed by atoms with Crippen molar-refractivity contribution >= 4 is 41.9 Å². The first-order valence-corrected chi connectivity index (χ1v) is 9.73. The Labute approximate surface area is 143 Å². The van der Waals surface area contributed by atoms with Crippen molar-refractivity contribution in [3.05, 3.63) is 26.6 Å². The van der Waals surface area contributed by atoms with E-state index in [2.05, 4.69) is 41.9 Å². The number of halogens is 2. The summed E-state index contributed by atoms with van der Waals surface area (Å²) in [5, 5.41) is 3.25. The molecule has 0 aliphatic heterocycles. The number of ether oxygens (including phenoxy) is 1. The van der Waals surface area contributed by atoms with Gasteiger partial charge in [-0.1, -0.05) is 0 Å². The number of hydrogen-bond donors (Lipinski definition) is 2. The maximum Gasteiger partial charge on any atom is 0.209 e. The number of sulfonamides is 1. The predicted molar refractivity (Wildman–Crippen MR) is 92.2 cm³/mol. The van der Waals surface area contributed by atoms with Crippen LogP contribution in [0, 0.1) is 0 Å². The van der Waals surface area contributed by atoms with Crippen LogP contribution in [-0.4, -0.2) is 33.9 Å². The number of hydrogen-bond acceptors (Lipinski definition) is 4. The van der Waals surface area contributed by atoms with E-state index >= 15 is 0 Å². The summed E-state index contributed by atoms with van der Waals surface area (Å²) in [5.74, 6) is 0.748. The van der Waals surface area contributed by atoms with Gasteiger partial charge in [-0.2, -0.15) is 0 Å². The zero-order valence-corrected chi connectivity index (χ0v) is 16.4. The third kappa shape index (κ3) is 6.65. The Morgan fingerprint density at radius 2 is 1.76 bits per heavy atom. The lowest BCUT2D eigenvalue weighted by molar-refractivity contribution is 0.408. The highest BCUT2D eigenvalue weighted by Crippen LogP contribution is 2.34. The molecule has 120 valence electrons. The zero-order chi connectivity index (χ0) is 16.3. The van der Waals surface area contributed by atoms with Gasteiger partial charge in [0.05, 0.1) is 22.3 Å². The number of nitrogens with one attached hydrogen (secondary N) is 2. The fourth-order valence-electron chi connectivity index (χ4n) is 1.97. The van der Waals surface area contributed by atoms with Crippen LogP contribution < -0.4 is 14.8 Å². The second kappa shape index (κ2) is 7.41. The average Bonchev–Trinajstić information content (AvgIpc) is 2.24. The molecule has 0 saturated carbocycles. The topological polar surface area (TPSA) is 67.4 Å². The predicted octanol–water partition coefficient (Wildman–Crippen LogP) is 2.64. The molecular weight excluding hydrogens is 424 g/mol. The van der Waals surface area contributed by atoms with Crippen molar-refractivity contribution in [1.29, 1.82) is 0 Å². The molecule has 0 fully saturated rings. The summed E-state index contributed by atoms with van der Waals surface area (Å²) in [6.07, 6.45) is 1.16. The minimum atomic E-state index is -3.22. The van der Waals surface area contributed by atoms with Crippen molar-refractivity contribution < 1.29 is 13.2 Å². The Bertz CT molecular complexity index is 580. The van der Waals surface area contributed by atoms with E-state index in [0.717, 1.165) is 26.5 Å². The molecule has 0 atom stereocenters. The minimum absolute atomic E-state index is 0.515. The Morgan fingerprint density at radius 1 is 1.24 bits per heavy atom. The van der Waals surface area contributed by atoms with Gasteiger partial charge in [-0.25, -0.2) is 13.1 Å². The lowest BCUT2D eigenvalue weighted by Crippen LogP contribution is -2.49. The summed E-state index contributed by atoms with van der Waals surface area (Å²) < 4.78 is 32.1. The Hall–Kier alpha value is -0.150. The summed E-state index contributed by atoms with van der Waals surface area (Å²) in [7, 11) is -1.61. The molecule has 21 heavy (non-hydrogen) atoms. The SMILES string of the molecule is COc1c(Br)cc(CNCC(C)(C)NS(C)(=O)=O)cc1Br. The van der Waals surface area contributed by atoms with Crippen LogP contribution in [-0.2, 0) is 16.6 Å². The molecular formula is C13H20Br2N2O3S. The van der Waals surface area contributed by atoms with E-state index in [4.69, 9.17) is 4.74 Å². The van der Waals surface area contributed by atoms with Crippen molar-refractivity contribution in [3.8, 4) is 5.75 Å². The fourth-order valence-corrected chi connectivity index (χ4v) is 4.65. The summed E-state index contributed by atoms with van der Waals surface area (Å²) in [4.78, 5) is 0. The van der Waals surface area contributed by atoms with E-state index in [9.17, 15) is 8.42 Å². The minimum Gasteiger partial charge on any atom is -0.494 e. The highest BCUT2D eigenvalue weighted by Gasteiger charge is 2.21. The maximum atomic E-state index is 11.3. The molecule has 0 unspecified atom stereocenters. The monoisotopic (exact) mass is 442 g/mol. The van der Waals surface area contributed by atoms with Crippen LogP contribution in [0.3, 0.4) is 0 Å². The van der Waals surface area contributed by atoms with Gasteiger partial charge in [0.1, 0.15) is 5.75 Å². The summed E-state index contributed by atoms with van der Waals surface area (Å²) >= 11 is 6.91. The van der Waals surface area contributed by atoms with Gasteiger partial charge in [0.25, 0.3) is 0 Å². The zero-order valence-electron chi connectivity index (χ0n) is 12.5. The van der Waals surface area contributed by atoms with E-state index in [-0.39, 0.29) is 0 Å². The molecule has 1 aromatic carbocycles. The molecule has 0 saturated heterocycles. The van der Waals surface area contributed by atoms with Gasteiger partial charge in [0, 0.05) is 18.6 Å². The highest BCUT2D eigenvalue weighted by atomic mass is 79.9. The molecule has 0 radical (unpaired) electrons. The standard InChI is InChI=1S/C13H20Br2N2O3S/c1-13(2,17-21(4,18)19)8-16-7-9-5-10(14)12(20-3)11(15)6-9/h5-6,16-17H,7-8H2,1-4H3. The van der Waals surface area contributed by atoms with Crippen molar-refractivity contribution in [2.45, 2.75) is 25.9 Å². The largest absolute Gasteiger partial charge is 0.494 e. The second-order valence-corrected chi connectivity index (χ2v) is 8.91. The van der Waals surface area contributed by atoms with Crippen molar-refractivity contribution in [3.63, 3.8) is 0 Å². The van der Waals surface area contributed by atoms with Crippen molar-refractivity contribution in [2.75, 3.05) is 19.9 Å². The van der Waals surface area contributed by atoms with Gasteiger partial charge < -0.3 is 10.1 Å². The third-order valence-corrected chi connectivity index (χ3v) is 4.72. The number of benzene rings is 1. The lowest BCUT2D eigenvalue weighted by Gasteiger charge is -2.25. The maximum absolute atomic E-state index is 11.3. The summed E-state index contributed by atoms with van der Waals surface area (Å²) in [6, 6.07) is 3.93. The smallest absolute Gasteiger partial charge is 0.209 e. The van der Waals surface area contributed by atoms with Crippen molar-refractivity contribution in [2.24, 2.45) is 0 Å². The summed E-state index contributed by atoms with van der Waals surface area (Å²) in [6.45, 7) is 4.80. The van der Waals surface area contributed by atoms with E-state index < -0.39 is 15.6 Å². The van der Waals surface area contributed by atoms with Crippen LogP contribution in [0.2, 0.25) is 0 Å². The molecule has 1 aromatic rings. The fraction of sp³-hybridized carbons (Fsp3) is 0.538. The Morgan fingerprint density at radius 3 is 2.19 bits per heavy atom.